The third-order valence-corrected chi connectivity index (χ3v) is 29.3. The van der Waals surface area contributed by atoms with Crippen molar-refractivity contribution in [2.45, 2.75) is 255 Å². The van der Waals surface area contributed by atoms with Crippen molar-refractivity contribution in [2.24, 2.45) is 0 Å². The molecule has 10 aromatic rings. The average Bonchev–Trinajstić information content (AvgIpc) is 1.68. The van der Waals surface area contributed by atoms with Gasteiger partial charge in [-0.1, -0.05) is 201 Å². The molecule has 5 fully saturated rings. The number of carbonyl (C=O) groups excluding carboxylic acids is 4. The molecule has 0 saturated heterocycles. The Morgan fingerprint density at radius 1 is 0.391 bits per heavy atom. The first kappa shape index (κ1) is 91.0. The molecule has 0 bridgehead atoms. The molecule has 11 aliphatic rings. The number of rotatable bonds is 17. The Hall–Kier alpha value is -10.3. The van der Waals surface area contributed by atoms with Gasteiger partial charge in [0.1, 0.15) is 0 Å². The van der Waals surface area contributed by atoms with E-state index in [-0.39, 0.29) is 23.8 Å². The minimum absolute atomic E-state index is 0.0383. The zero-order valence-corrected chi connectivity index (χ0v) is 78.5. The fraction of sp³-hybridized carbons (Fsp3) is 0.436. The molecule has 3 N–H and O–H groups in total. The standard InChI is InChI=1S/C26H29N3O.C26H27N3O.C18H25NO2.C18H23NO2.C14H18BrN.C8H8BrN/c2*30-26(28-22-17-20-6-4-5-9-24(20)27-18-22)13-11-19-10-12-25-21(16-19)14-15-29(25)23-7-2-1-3-8-23;2*1-21-18(20)10-8-14-7-9-17-15(13-14)11-12-19(17)16-5-3-2-4-6-16;15-12-6-7-14-11(10-12)8-9-16(14)13-4-2-1-3-5-13;9-7-1-2-8-6(5-7)3-4-10-8/h4-6,9-10,12,16-18,23H,1-3,7-8,11,13-15H2,(H,28,30);4-6,9-13,16-18,23H,1-3,7-8,14-15H2,(H,28,30);7,9,13,16H,2-6,8,10-12H2,1H3;7-10,13,16H,2-6,11-12H2,1H3;6-7,10,13H,1-5,8-9H2;1-2,5,10H,3-4H2/b;13-11+;;10-8+;;. The van der Waals surface area contributed by atoms with Gasteiger partial charge in [-0.2, -0.15) is 0 Å². The zero-order valence-electron chi connectivity index (χ0n) is 75.3. The maximum Gasteiger partial charge on any atom is 0.330 e. The quantitative estimate of drug-likeness (QED) is 0.0582. The fourth-order valence-corrected chi connectivity index (χ4v) is 22.4. The summed E-state index contributed by atoms with van der Waals surface area (Å²) in [6.07, 6.45) is 54.0. The molecule has 0 unspecified atom stereocenters. The molecule has 128 heavy (non-hydrogen) atoms. The van der Waals surface area contributed by atoms with Gasteiger partial charge < -0.3 is 49.9 Å². The summed E-state index contributed by atoms with van der Waals surface area (Å²) in [5.74, 6) is -0.536. The lowest BCUT2D eigenvalue weighted by molar-refractivity contribution is -0.140. The van der Waals surface area contributed by atoms with E-state index < -0.39 is 0 Å². The molecule has 16 nitrogen and oxygen atoms in total. The molecule has 8 aromatic carbocycles. The second kappa shape index (κ2) is 45.3. The molecular weight excluding hydrogens is 1720 g/mol. The molecule has 2 aromatic heterocycles. The van der Waals surface area contributed by atoms with Crippen LogP contribution in [0.25, 0.3) is 34.0 Å². The minimum Gasteiger partial charge on any atom is -0.469 e. The molecule has 0 radical (unpaired) electrons. The fourth-order valence-electron chi connectivity index (χ4n) is 21.6. The molecule has 8 heterocycles. The number of benzene rings is 8. The molecule has 5 aliphatic carbocycles. The van der Waals surface area contributed by atoms with E-state index in [4.69, 9.17) is 4.74 Å². The maximum atomic E-state index is 12.5. The number of nitrogens with one attached hydrogen (secondary N) is 3. The number of fused-ring (bicyclic) bond motifs is 8. The Labute approximate surface area is 776 Å². The van der Waals surface area contributed by atoms with E-state index >= 15 is 0 Å². The number of methoxy groups -OCH3 is 2. The topological polar surface area (TPSA) is 165 Å². The van der Waals surface area contributed by atoms with Crippen molar-refractivity contribution in [3.05, 3.63) is 259 Å². The van der Waals surface area contributed by atoms with E-state index in [1.807, 2.05) is 72.8 Å². The predicted molar refractivity (Wildman–Crippen MR) is 535 cm³/mol. The monoisotopic (exact) mass is 1840 g/mol. The average molecular weight is 1850 g/mol. The van der Waals surface area contributed by atoms with E-state index in [2.05, 4.69) is 196 Å². The number of amides is 2. The number of carbonyl (C=O) groups is 4. The molecule has 21 rings (SSSR count). The van der Waals surface area contributed by atoms with Crippen molar-refractivity contribution in [1.29, 1.82) is 0 Å². The first-order valence-corrected chi connectivity index (χ1v) is 49.8. The number of hydrogen-bond acceptors (Lipinski definition) is 14. The van der Waals surface area contributed by atoms with Gasteiger partial charge in [0.05, 0.1) is 49.0 Å². The summed E-state index contributed by atoms with van der Waals surface area (Å²) in [4.78, 5) is 69.2. The molecule has 2 amide bonds. The van der Waals surface area contributed by atoms with E-state index in [0.717, 1.165) is 134 Å². The van der Waals surface area contributed by atoms with Crippen molar-refractivity contribution < 1.29 is 28.7 Å². The highest BCUT2D eigenvalue weighted by atomic mass is 79.9. The Bertz CT molecular complexity index is 5510. The number of esters is 2. The summed E-state index contributed by atoms with van der Waals surface area (Å²) < 4.78 is 11.7. The van der Waals surface area contributed by atoms with Crippen LogP contribution in [-0.4, -0.2) is 117 Å². The molecule has 670 valence electrons. The number of para-hydroxylation sites is 2. The highest BCUT2D eigenvalue weighted by Crippen LogP contribution is 2.42. The zero-order chi connectivity index (χ0) is 87.9. The largest absolute Gasteiger partial charge is 0.469 e. The van der Waals surface area contributed by atoms with Crippen molar-refractivity contribution in [3.63, 3.8) is 0 Å². The van der Waals surface area contributed by atoms with Gasteiger partial charge in [0.15, 0.2) is 0 Å². The SMILES string of the molecule is Brc1ccc2c(c1)CCN2.Brc1ccc2c(c1)CCN2C1CCCCC1.COC(=O)/C=C/c1ccc2c(c1)CCN2C1CCCCC1.COC(=O)CCc1ccc2c(c1)CCN2C1CCCCC1.O=C(/C=C/c1ccc2c(c1)CCN2C1CCCCC1)Nc1cnc2ccccc2c1.O=C(CCc1ccc2c(c1)CCN2C1CCCCC1)Nc1cnc2ccccc2c1. The van der Waals surface area contributed by atoms with Gasteiger partial charge in [-0.15, -0.1) is 0 Å². The summed E-state index contributed by atoms with van der Waals surface area (Å²) in [7, 11) is 2.85. The van der Waals surface area contributed by atoms with Crippen LogP contribution in [0.5, 0.6) is 0 Å². The maximum absolute atomic E-state index is 12.5. The number of ether oxygens (including phenoxy) is 2. The van der Waals surface area contributed by atoms with E-state index in [9.17, 15) is 19.2 Å². The first-order chi connectivity index (χ1) is 62.8. The molecular formula is C110H130Br2N10O6. The number of halogens is 2. The van der Waals surface area contributed by atoms with Gasteiger partial charge in [-0.05, 0) is 280 Å². The number of aryl methyl sites for hydroxylation is 2. The Morgan fingerprint density at radius 3 is 1.20 bits per heavy atom. The van der Waals surface area contributed by atoms with Gasteiger partial charge in [0.25, 0.3) is 0 Å². The van der Waals surface area contributed by atoms with Gasteiger partial charge >= 0.3 is 11.9 Å². The second-order valence-corrected chi connectivity index (χ2v) is 38.6. The Balaban J connectivity index is 0.000000116. The number of pyridine rings is 2. The number of hydrogen-bond donors (Lipinski definition) is 3. The van der Waals surface area contributed by atoms with Crippen molar-refractivity contribution >= 4 is 135 Å². The van der Waals surface area contributed by atoms with Crippen LogP contribution in [0.2, 0.25) is 0 Å². The van der Waals surface area contributed by atoms with Crippen LogP contribution in [0.4, 0.5) is 45.5 Å². The van der Waals surface area contributed by atoms with Crippen LogP contribution in [0.15, 0.2) is 203 Å². The normalized spacial score (nSPS) is 17.8. The first-order valence-electron chi connectivity index (χ1n) is 48.2. The number of anilines is 8. The smallest absolute Gasteiger partial charge is 0.330 e. The number of nitrogens with zero attached hydrogens (tertiary/aromatic N) is 7. The summed E-state index contributed by atoms with van der Waals surface area (Å²) >= 11 is 7.00. The third kappa shape index (κ3) is 24.2. The van der Waals surface area contributed by atoms with Gasteiger partial charge in [0, 0.05) is 148 Å². The molecule has 5 saturated carbocycles. The van der Waals surface area contributed by atoms with Crippen LogP contribution < -0.4 is 40.4 Å². The van der Waals surface area contributed by atoms with Crippen molar-refractivity contribution in [2.75, 3.05) is 93.9 Å². The predicted octanol–water partition coefficient (Wildman–Crippen LogP) is 24.7. The summed E-state index contributed by atoms with van der Waals surface area (Å²) in [6, 6.07) is 63.3. The highest BCUT2D eigenvalue weighted by molar-refractivity contribution is 9.10. The van der Waals surface area contributed by atoms with Crippen LogP contribution in [-0.2, 0) is 80.0 Å². The highest BCUT2D eigenvalue weighted by Gasteiger charge is 2.33. The van der Waals surface area contributed by atoms with E-state index in [0.29, 0.717) is 24.6 Å². The summed E-state index contributed by atoms with van der Waals surface area (Å²) in [5.41, 5.74) is 25.1. The molecule has 0 spiro atoms. The number of aromatic nitrogens is 2. The van der Waals surface area contributed by atoms with Crippen LogP contribution in [0, 0.1) is 0 Å². The van der Waals surface area contributed by atoms with Crippen LogP contribution >= 0.6 is 31.9 Å². The van der Waals surface area contributed by atoms with Crippen LogP contribution in [0.3, 0.4) is 0 Å². The second-order valence-electron chi connectivity index (χ2n) is 36.8. The Morgan fingerprint density at radius 2 is 0.766 bits per heavy atom. The van der Waals surface area contributed by atoms with E-state index in [1.54, 1.807) is 18.5 Å². The third-order valence-electron chi connectivity index (χ3n) is 28.3. The lowest BCUT2D eigenvalue weighted by Gasteiger charge is -2.33. The summed E-state index contributed by atoms with van der Waals surface area (Å²) in [5, 5.41) is 11.3. The van der Waals surface area contributed by atoms with Gasteiger partial charge in [0.2, 0.25) is 11.8 Å². The summed E-state index contributed by atoms with van der Waals surface area (Å²) in [6.45, 7) is 6.91. The van der Waals surface area contributed by atoms with E-state index in [1.165, 1.54) is 288 Å². The van der Waals surface area contributed by atoms with Gasteiger partial charge in [-0.25, -0.2) is 4.79 Å². The lowest BCUT2D eigenvalue weighted by atomic mass is 9.94. The minimum atomic E-state index is -0.306. The van der Waals surface area contributed by atoms with Crippen molar-refractivity contribution in [3.8, 4) is 0 Å². The molecule has 6 aliphatic heterocycles. The molecule has 18 heteroatoms. The van der Waals surface area contributed by atoms with Crippen LogP contribution in [0.1, 0.15) is 229 Å². The Kier molecular flexibility index (Phi) is 32.2. The van der Waals surface area contributed by atoms with Gasteiger partial charge in [-0.3, -0.25) is 24.4 Å². The lowest BCUT2D eigenvalue weighted by Crippen LogP contribution is -2.35. The van der Waals surface area contributed by atoms with Crippen molar-refractivity contribution in [1.82, 2.24) is 9.97 Å². The molecule has 0 atom stereocenters.